The molecule has 6 nitrogen and oxygen atoms in total. The van der Waals surface area contributed by atoms with E-state index in [1.807, 2.05) is 30.3 Å². The van der Waals surface area contributed by atoms with Crippen molar-refractivity contribution in [2.45, 2.75) is 45.8 Å². The van der Waals surface area contributed by atoms with Gasteiger partial charge in [-0.3, -0.25) is 4.99 Å². The zero-order valence-corrected chi connectivity index (χ0v) is 20.6. The van der Waals surface area contributed by atoms with Crippen LogP contribution >= 0.6 is 24.0 Å². The Balaban J connectivity index is 0.00000320. The quantitative estimate of drug-likeness (QED) is 0.314. The van der Waals surface area contributed by atoms with Gasteiger partial charge in [-0.05, 0) is 23.6 Å². The maximum Gasteiger partial charge on any atom is 0.191 e. The van der Waals surface area contributed by atoms with E-state index in [4.69, 9.17) is 18.9 Å². The number of nitrogens with zero attached hydrogens (tertiary/aromatic N) is 1. The third-order valence-electron chi connectivity index (χ3n) is 5.18. The van der Waals surface area contributed by atoms with Crippen molar-refractivity contribution >= 4 is 29.9 Å². The molecule has 1 aromatic heterocycles. The smallest absolute Gasteiger partial charge is 0.191 e. The summed E-state index contributed by atoms with van der Waals surface area (Å²) in [5.74, 6) is 2.68. The Bertz CT molecular complexity index is 787. The summed E-state index contributed by atoms with van der Waals surface area (Å²) in [6, 6.07) is 12.2. The number of ether oxygens (including phenoxy) is 2. The van der Waals surface area contributed by atoms with Gasteiger partial charge in [0.2, 0.25) is 0 Å². The summed E-state index contributed by atoms with van der Waals surface area (Å²) < 4.78 is 16.9. The molecule has 0 bridgehead atoms. The standard InChI is InChI=1S/C23H33N3O3.HI/c1-23(2,3)21(27-4)16-25-22(24-13-11-17-8-7-14-28-17)26-19-12-15-29-20-10-6-5-9-18(19)20;/h5-10,14,19,21H,11-13,15-16H2,1-4H3,(H2,24,25,26);1H. The molecule has 0 amide bonds. The van der Waals surface area contributed by atoms with Gasteiger partial charge in [0.15, 0.2) is 5.96 Å². The highest BCUT2D eigenvalue weighted by Gasteiger charge is 2.25. The van der Waals surface area contributed by atoms with E-state index in [9.17, 15) is 0 Å². The Morgan fingerprint density at radius 2 is 2.03 bits per heavy atom. The molecule has 0 saturated carbocycles. The molecular weight excluding hydrogens is 493 g/mol. The first-order valence-corrected chi connectivity index (χ1v) is 10.3. The molecule has 1 aromatic carbocycles. The van der Waals surface area contributed by atoms with E-state index in [-0.39, 0.29) is 41.5 Å². The average molecular weight is 527 g/mol. The zero-order chi connectivity index (χ0) is 20.7. The molecule has 0 aliphatic carbocycles. The molecule has 2 heterocycles. The highest BCUT2D eigenvalue weighted by molar-refractivity contribution is 14.0. The summed E-state index contributed by atoms with van der Waals surface area (Å²) in [5, 5.41) is 7.05. The van der Waals surface area contributed by atoms with Crippen LogP contribution in [0.1, 0.15) is 44.6 Å². The van der Waals surface area contributed by atoms with Crippen molar-refractivity contribution in [3.63, 3.8) is 0 Å². The Morgan fingerprint density at radius 3 is 2.73 bits per heavy atom. The van der Waals surface area contributed by atoms with Gasteiger partial charge in [0.1, 0.15) is 11.5 Å². The van der Waals surface area contributed by atoms with Crippen molar-refractivity contribution in [2.75, 3.05) is 26.8 Å². The Morgan fingerprint density at radius 1 is 1.23 bits per heavy atom. The van der Waals surface area contributed by atoms with Gasteiger partial charge >= 0.3 is 0 Å². The predicted octanol–water partition coefficient (Wildman–Crippen LogP) is 4.56. The van der Waals surface area contributed by atoms with Crippen molar-refractivity contribution in [2.24, 2.45) is 10.4 Å². The molecule has 166 valence electrons. The number of benzene rings is 1. The van der Waals surface area contributed by atoms with Crippen LogP contribution in [0.2, 0.25) is 0 Å². The Kier molecular flexibility index (Phi) is 9.48. The number of hydrogen-bond acceptors (Lipinski definition) is 4. The first-order chi connectivity index (χ1) is 14.0. The van der Waals surface area contributed by atoms with Crippen LogP contribution in [-0.2, 0) is 11.2 Å². The highest BCUT2D eigenvalue weighted by atomic mass is 127. The lowest BCUT2D eigenvalue weighted by molar-refractivity contribution is 0.0241. The minimum atomic E-state index is 0. The second-order valence-corrected chi connectivity index (χ2v) is 8.41. The predicted molar refractivity (Wildman–Crippen MR) is 131 cm³/mol. The second kappa shape index (κ2) is 11.6. The van der Waals surface area contributed by atoms with Gasteiger partial charge in [-0.1, -0.05) is 39.0 Å². The number of fused-ring (bicyclic) bond motifs is 1. The molecule has 0 spiro atoms. The van der Waals surface area contributed by atoms with Crippen molar-refractivity contribution < 1.29 is 13.9 Å². The number of furan rings is 1. The third kappa shape index (κ3) is 6.91. The fourth-order valence-corrected chi connectivity index (χ4v) is 3.44. The first-order valence-electron chi connectivity index (χ1n) is 10.3. The Labute approximate surface area is 196 Å². The van der Waals surface area contributed by atoms with Gasteiger partial charge in [-0.25, -0.2) is 0 Å². The summed E-state index contributed by atoms with van der Waals surface area (Å²) in [7, 11) is 1.75. The molecule has 1 aliphatic rings. The van der Waals surface area contributed by atoms with E-state index in [0.29, 0.717) is 13.2 Å². The molecule has 0 radical (unpaired) electrons. The Hall–Kier alpha value is -1.74. The minimum absolute atomic E-state index is 0. The molecule has 30 heavy (non-hydrogen) atoms. The van der Waals surface area contributed by atoms with Crippen LogP contribution in [-0.4, -0.2) is 38.9 Å². The lowest BCUT2D eigenvalue weighted by Gasteiger charge is -2.30. The summed E-state index contributed by atoms with van der Waals surface area (Å²) in [4.78, 5) is 4.85. The van der Waals surface area contributed by atoms with E-state index < -0.39 is 0 Å². The van der Waals surface area contributed by atoms with Gasteiger partial charge in [-0.2, -0.15) is 0 Å². The largest absolute Gasteiger partial charge is 0.493 e. The average Bonchev–Trinajstić information content (AvgIpc) is 3.21. The maximum atomic E-state index is 5.79. The van der Waals surface area contributed by atoms with Crippen LogP contribution in [0.25, 0.3) is 0 Å². The molecule has 2 atom stereocenters. The number of rotatable bonds is 7. The van der Waals surface area contributed by atoms with E-state index in [1.165, 1.54) is 5.56 Å². The van der Waals surface area contributed by atoms with Crippen molar-refractivity contribution in [1.82, 2.24) is 10.6 Å². The van der Waals surface area contributed by atoms with E-state index >= 15 is 0 Å². The summed E-state index contributed by atoms with van der Waals surface area (Å²) in [6.07, 6.45) is 3.43. The topological polar surface area (TPSA) is 68.0 Å². The van der Waals surface area contributed by atoms with Crippen LogP contribution in [0, 0.1) is 5.41 Å². The van der Waals surface area contributed by atoms with Crippen LogP contribution in [0.3, 0.4) is 0 Å². The van der Waals surface area contributed by atoms with Crippen molar-refractivity contribution in [3.05, 3.63) is 54.0 Å². The van der Waals surface area contributed by atoms with E-state index in [2.05, 4.69) is 37.5 Å². The number of halogens is 1. The number of hydrogen-bond donors (Lipinski definition) is 2. The van der Waals surface area contributed by atoms with Crippen LogP contribution in [0.5, 0.6) is 5.75 Å². The highest BCUT2D eigenvalue weighted by Crippen LogP contribution is 2.31. The van der Waals surface area contributed by atoms with Gasteiger partial charge in [0, 0.05) is 32.1 Å². The van der Waals surface area contributed by atoms with Crippen molar-refractivity contribution in [3.8, 4) is 5.75 Å². The second-order valence-electron chi connectivity index (χ2n) is 8.41. The van der Waals surface area contributed by atoms with Gasteiger partial charge in [0.05, 0.1) is 31.6 Å². The zero-order valence-electron chi connectivity index (χ0n) is 18.3. The fourth-order valence-electron chi connectivity index (χ4n) is 3.44. The molecule has 7 heteroatoms. The number of aliphatic imine (C=N–C) groups is 1. The van der Waals surface area contributed by atoms with Crippen LogP contribution in [0.15, 0.2) is 52.1 Å². The normalized spacial score (nSPS) is 17.3. The number of methoxy groups -OCH3 is 1. The number of nitrogens with one attached hydrogen (secondary N) is 2. The molecular formula is C23H34IN3O3. The van der Waals surface area contributed by atoms with Gasteiger partial charge in [0.25, 0.3) is 0 Å². The first kappa shape index (κ1) is 24.5. The number of guanidine groups is 1. The molecule has 1 aliphatic heterocycles. The van der Waals surface area contributed by atoms with Crippen LogP contribution < -0.4 is 15.4 Å². The third-order valence-corrected chi connectivity index (χ3v) is 5.18. The lowest BCUT2D eigenvalue weighted by atomic mass is 9.89. The number of para-hydroxylation sites is 1. The minimum Gasteiger partial charge on any atom is -0.493 e. The van der Waals surface area contributed by atoms with E-state index in [0.717, 1.165) is 36.9 Å². The summed E-state index contributed by atoms with van der Waals surface area (Å²) >= 11 is 0. The fraction of sp³-hybridized carbons (Fsp3) is 0.522. The molecule has 2 aromatic rings. The van der Waals surface area contributed by atoms with Gasteiger partial charge in [-0.15, -0.1) is 24.0 Å². The molecule has 3 rings (SSSR count). The van der Waals surface area contributed by atoms with Gasteiger partial charge < -0.3 is 24.5 Å². The monoisotopic (exact) mass is 527 g/mol. The molecule has 0 saturated heterocycles. The lowest BCUT2D eigenvalue weighted by Crippen LogP contribution is -2.43. The van der Waals surface area contributed by atoms with Crippen LogP contribution in [0.4, 0.5) is 0 Å². The van der Waals surface area contributed by atoms with Crippen molar-refractivity contribution in [1.29, 1.82) is 0 Å². The van der Waals surface area contributed by atoms with E-state index in [1.54, 1.807) is 13.4 Å². The molecule has 2 unspecified atom stereocenters. The molecule has 0 fully saturated rings. The maximum absolute atomic E-state index is 5.79. The summed E-state index contributed by atoms with van der Waals surface area (Å²) in [6.45, 7) is 8.52. The SMILES string of the molecule is COC(CN=C(NCCc1ccco1)NC1CCOc2ccccc21)C(C)(C)C.I. The molecule has 2 N–H and O–H groups in total. The summed E-state index contributed by atoms with van der Waals surface area (Å²) in [5.41, 5.74) is 1.18.